The van der Waals surface area contributed by atoms with Crippen LogP contribution in [0.15, 0.2) is 24.3 Å². The van der Waals surface area contributed by atoms with Crippen molar-refractivity contribution >= 4 is 27.5 Å². The lowest BCUT2D eigenvalue weighted by molar-refractivity contribution is 0.242. The predicted molar refractivity (Wildman–Crippen MR) is 67.9 cm³/mol. The lowest BCUT2D eigenvalue weighted by atomic mass is 10.1. The number of fused-ring (bicyclic) bond motifs is 1. The molecule has 1 aromatic heterocycles. The van der Waals surface area contributed by atoms with Crippen molar-refractivity contribution in [3.05, 3.63) is 34.7 Å². The minimum absolute atomic E-state index is 0.142. The molecule has 2 amide bonds. The number of nitrogens with one attached hydrogen (secondary N) is 2. The summed E-state index contributed by atoms with van der Waals surface area (Å²) < 4.78 is 1.27. The lowest BCUT2D eigenvalue weighted by Crippen LogP contribution is -2.31. The van der Waals surface area contributed by atoms with E-state index in [1.807, 2.05) is 12.1 Å². The molecule has 0 unspecified atom stereocenters. The summed E-state index contributed by atoms with van der Waals surface area (Å²) in [5.74, 6) is 0. The molecule has 2 aromatic rings. The summed E-state index contributed by atoms with van der Waals surface area (Å²) in [6.45, 7) is 2.69. The normalized spacial score (nSPS) is 10.4. The lowest BCUT2D eigenvalue weighted by Gasteiger charge is -2.02. The van der Waals surface area contributed by atoms with Gasteiger partial charge in [0, 0.05) is 16.6 Å². The Morgan fingerprint density at radius 1 is 1.38 bits per heavy atom. The third-order valence-corrected chi connectivity index (χ3v) is 3.85. The number of carbonyl (C=O) groups excluding carboxylic acids is 1. The first-order valence-corrected chi connectivity index (χ1v) is 5.96. The van der Waals surface area contributed by atoms with Gasteiger partial charge in [0.05, 0.1) is 6.54 Å². The average Bonchev–Trinajstić information content (AvgIpc) is 2.64. The molecule has 0 aliphatic heterocycles. The van der Waals surface area contributed by atoms with E-state index in [0.717, 1.165) is 0 Å². The predicted octanol–water partition coefficient (Wildman–Crippen LogP) is 2.64. The maximum Gasteiger partial charge on any atom is 0.314 e. The number of hydrogen-bond donors (Lipinski definition) is 2. The molecule has 0 bridgehead atoms. The molecule has 0 atom stereocenters. The Labute approximate surface area is 98.5 Å². The van der Waals surface area contributed by atoms with Crippen molar-refractivity contribution in [2.75, 3.05) is 7.05 Å². The number of thiophene rings is 1. The fraction of sp³-hybridized carbons (Fsp3) is 0.250. The molecule has 4 heteroatoms. The molecule has 1 heterocycles. The van der Waals surface area contributed by atoms with Gasteiger partial charge in [-0.25, -0.2) is 4.79 Å². The Bertz CT molecular complexity index is 519. The highest BCUT2D eigenvalue weighted by atomic mass is 32.1. The Morgan fingerprint density at radius 2 is 2.12 bits per heavy atom. The van der Waals surface area contributed by atoms with E-state index in [2.05, 4.69) is 29.7 Å². The summed E-state index contributed by atoms with van der Waals surface area (Å²) in [5, 5.41) is 6.63. The summed E-state index contributed by atoms with van der Waals surface area (Å²) in [5.41, 5.74) is 1.26. The molecule has 0 aliphatic rings. The second kappa shape index (κ2) is 4.53. The number of carbonyl (C=O) groups is 1. The van der Waals surface area contributed by atoms with Gasteiger partial charge in [-0.3, -0.25) is 0 Å². The van der Waals surface area contributed by atoms with Crippen LogP contribution in [-0.4, -0.2) is 13.1 Å². The molecule has 3 nitrogen and oxygen atoms in total. The molecule has 1 aromatic carbocycles. The van der Waals surface area contributed by atoms with Crippen LogP contribution >= 0.6 is 11.3 Å². The maximum atomic E-state index is 11.1. The van der Waals surface area contributed by atoms with Gasteiger partial charge in [-0.1, -0.05) is 18.2 Å². The van der Waals surface area contributed by atoms with E-state index < -0.39 is 0 Å². The average molecular weight is 234 g/mol. The Kier molecular flexibility index (Phi) is 3.10. The quantitative estimate of drug-likeness (QED) is 0.824. The third kappa shape index (κ3) is 2.02. The summed E-state index contributed by atoms with van der Waals surface area (Å²) in [7, 11) is 1.62. The number of hydrogen-bond acceptors (Lipinski definition) is 2. The van der Waals surface area contributed by atoms with Gasteiger partial charge in [0.1, 0.15) is 0 Å². The van der Waals surface area contributed by atoms with Gasteiger partial charge in [-0.2, -0.15) is 0 Å². The molecule has 84 valence electrons. The highest BCUT2D eigenvalue weighted by molar-refractivity contribution is 7.19. The van der Waals surface area contributed by atoms with E-state index in [4.69, 9.17) is 0 Å². The first-order valence-electron chi connectivity index (χ1n) is 5.15. The van der Waals surface area contributed by atoms with Crippen molar-refractivity contribution in [3.63, 3.8) is 0 Å². The van der Waals surface area contributed by atoms with Crippen molar-refractivity contribution in [1.82, 2.24) is 10.6 Å². The summed E-state index contributed by atoms with van der Waals surface area (Å²) in [6.07, 6.45) is 0. The molecular formula is C12H14N2OS. The van der Waals surface area contributed by atoms with Crippen molar-refractivity contribution in [2.45, 2.75) is 13.5 Å². The zero-order valence-electron chi connectivity index (χ0n) is 9.33. The van der Waals surface area contributed by atoms with Crippen LogP contribution in [0, 0.1) is 6.92 Å². The first-order chi connectivity index (χ1) is 7.72. The molecule has 0 radical (unpaired) electrons. The topological polar surface area (TPSA) is 41.1 Å². The first kappa shape index (κ1) is 11.0. The fourth-order valence-electron chi connectivity index (χ4n) is 1.64. The van der Waals surface area contributed by atoms with Crippen LogP contribution in [0.25, 0.3) is 10.1 Å². The zero-order valence-corrected chi connectivity index (χ0v) is 10.1. The van der Waals surface area contributed by atoms with E-state index in [9.17, 15) is 4.79 Å². The van der Waals surface area contributed by atoms with Crippen LogP contribution in [0.5, 0.6) is 0 Å². The number of benzene rings is 1. The smallest absolute Gasteiger partial charge is 0.314 e. The number of rotatable bonds is 2. The minimum atomic E-state index is -0.142. The van der Waals surface area contributed by atoms with Gasteiger partial charge in [0.25, 0.3) is 0 Å². The highest BCUT2D eigenvalue weighted by Crippen LogP contribution is 2.30. The van der Waals surface area contributed by atoms with Crippen molar-refractivity contribution < 1.29 is 4.79 Å². The van der Waals surface area contributed by atoms with E-state index in [1.54, 1.807) is 18.4 Å². The van der Waals surface area contributed by atoms with Crippen molar-refractivity contribution in [1.29, 1.82) is 0 Å². The molecular weight excluding hydrogens is 220 g/mol. The van der Waals surface area contributed by atoms with Gasteiger partial charge >= 0.3 is 6.03 Å². The molecule has 2 N–H and O–H groups in total. The number of aryl methyl sites for hydroxylation is 1. The fourth-order valence-corrected chi connectivity index (χ4v) is 2.79. The van der Waals surface area contributed by atoms with Gasteiger partial charge in [0.2, 0.25) is 0 Å². The minimum Gasteiger partial charge on any atom is -0.341 e. The second-order valence-electron chi connectivity index (χ2n) is 3.58. The Hall–Kier alpha value is -1.55. The van der Waals surface area contributed by atoms with Crippen LogP contribution in [-0.2, 0) is 6.54 Å². The van der Waals surface area contributed by atoms with E-state index in [-0.39, 0.29) is 6.03 Å². The zero-order chi connectivity index (χ0) is 11.5. The summed E-state index contributed by atoms with van der Waals surface area (Å²) in [4.78, 5) is 12.3. The molecule has 0 fully saturated rings. The molecule has 0 saturated heterocycles. The summed E-state index contributed by atoms with van der Waals surface area (Å²) in [6, 6.07) is 8.16. The van der Waals surface area contributed by atoms with Crippen LogP contribution in [0.3, 0.4) is 0 Å². The molecule has 0 saturated carbocycles. The van der Waals surface area contributed by atoms with E-state index in [1.165, 1.54) is 20.5 Å². The van der Waals surface area contributed by atoms with Crippen LogP contribution in [0.2, 0.25) is 0 Å². The number of amides is 2. The SMILES string of the molecule is CNC(=O)NCc1sc2ccccc2c1C. The van der Waals surface area contributed by atoms with Crippen LogP contribution in [0.1, 0.15) is 10.4 Å². The van der Waals surface area contributed by atoms with E-state index >= 15 is 0 Å². The third-order valence-electron chi connectivity index (χ3n) is 2.58. The van der Waals surface area contributed by atoms with Gasteiger partial charge in [-0.15, -0.1) is 11.3 Å². The highest BCUT2D eigenvalue weighted by Gasteiger charge is 2.08. The van der Waals surface area contributed by atoms with Gasteiger partial charge in [-0.05, 0) is 23.9 Å². The monoisotopic (exact) mass is 234 g/mol. The van der Waals surface area contributed by atoms with Gasteiger partial charge in [0.15, 0.2) is 0 Å². The largest absolute Gasteiger partial charge is 0.341 e. The molecule has 2 rings (SSSR count). The van der Waals surface area contributed by atoms with Crippen molar-refractivity contribution in [3.8, 4) is 0 Å². The Morgan fingerprint density at radius 3 is 2.81 bits per heavy atom. The molecule has 0 aliphatic carbocycles. The summed E-state index contributed by atoms with van der Waals surface area (Å²) >= 11 is 1.73. The van der Waals surface area contributed by atoms with Crippen molar-refractivity contribution in [2.24, 2.45) is 0 Å². The van der Waals surface area contributed by atoms with Crippen LogP contribution in [0.4, 0.5) is 4.79 Å². The van der Waals surface area contributed by atoms with Crippen LogP contribution < -0.4 is 10.6 Å². The number of urea groups is 1. The maximum absolute atomic E-state index is 11.1. The molecule has 16 heavy (non-hydrogen) atoms. The Balaban J connectivity index is 2.24. The van der Waals surface area contributed by atoms with E-state index in [0.29, 0.717) is 6.54 Å². The standard InChI is InChI=1S/C12H14N2OS/c1-8-9-5-3-4-6-10(9)16-11(8)7-14-12(15)13-2/h3-6H,7H2,1-2H3,(H2,13,14,15). The van der Waals surface area contributed by atoms with Gasteiger partial charge < -0.3 is 10.6 Å². The second-order valence-corrected chi connectivity index (χ2v) is 4.72. The molecule has 0 spiro atoms.